The van der Waals surface area contributed by atoms with Gasteiger partial charge in [0.1, 0.15) is 5.54 Å². The summed E-state index contributed by atoms with van der Waals surface area (Å²) in [5.74, 6) is -0.669. The maximum absolute atomic E-state index is 11.8. The molecule has 2 saturated carbocycles. The van der Waals surface area contributed by atoms with E-state index in [1.54, 1.807) is 0 Å². The molecule has 3 fully saturated rings. The number of carbonyl (C=O) groups is 1. The lowest BCUT2D eigenvalue weighted by molar-refractivity contribution is -0.145. The Hall–Kier alpha value is -0.650. The molecule has 0 bridgehead atoms. The topological polar surface area (TPSA) is 61.8 Å². The number of rotatable bonds is 4. The smallest absolute Gasteiger partial charge is 0.323 e. The Labute approximate surface area is 120 Å². The predicted octanol–water partition coefficient (Wildman–Crippen LogP) is 1.23. The van der Waals surface area contributed by atoms with Crippen LogP contribution < -0.4 is 5.32 Å². The zero-order chi connectivity index (χ0) is 14.4. The number of hydrogen-bond acceptors (Lipinski definition) is 4. The van der Waals surface area contributed by atoms with Crippen LogP contribution in [0.1, 0.15) is 46.0 Å². The molecule has 1 heterocycles. The van der Waals surface area contributed by atoms with Gasteiger partial charge in [0.15, 0.2) is 0 Å². The van der Waals surface area contributed by atoms with Crippen LogP contribution in [0.3, 0.4) is 0 Å². The zero-order valence-electron chi connectivity index (χ0n) is 12.5. The van der Waals surface area contributed by atoms with E-state index in [1.807, 2.05) is 0 Å². The van der Waals surface area contributed by atoms with Crippen molar-refractivity contribution in [2.24, 2.45) is 0 Å². The van der Waals surface area contributed by atoms with E-state index in [-0.39, 0.29) is 5.54 Å². The van der Waals surface area contributed by atoms with Gasteiger partial charge in [-0.05, 0) is 46.0 Å². The van der Waals surface area contributed by atoms with E-state index >= 15 is 0 Å². The lowest BCUT2D eigenvalue weighted by atomic mass is 9.95. The molecule has 0 aromatic heterocycles. The standard InChI is InChI=1S/C15H26N2O3/c1-14(2)10-20-8-7-17(14)12-5-6-15(9-12,13(18)19)16-11-3-4-11/h11-12,16H,3-10H2,1-2H3,(H,18,19). The third kappa shape index (κ3) is 2.59. The normalized spacial score (nSPS) is 38.0. The molecular weight excluding hydrogens is 256 g/mol. The summed E-state index contributed by atoms with van der Waals surface area (Å²) in [6, 6.07) is 0.791. The van der Waals surface area contributed by atoms with Gasteiger partial charge < -0.3 is 9.84 Å². The molecule has 2 atom stereocenters. The van der Waals surface area contributed by atoms with Crippen molar-refractivity contribution in [1.29, 1.82) is 0 Å². The highest BCUT2D eigenvalue weighted by atomic mass is 16.5. The number of carboxylic acid groups (broad SMARTS) is 1. The largest absolute Gasteiger partial charge is 0.480 e. The third-order valence-corrected chi connectivity index (χ3v) is 5.11. The number of aliphatic carboxylic acids is 1. The quantitative estimate of drug-likeness (QED) is 0.812. The summed E-state index contributed by atoms with van der Waals surface area (Å²) in [4.78, 5) is 14.2. The van der Waals surface area contributed by atoms with Crippen molar-refractivity contribution >= 4 is 5.97 Å². The maximum Gasteiger partial charge on any atom is 0.323 e. The van der Waals surface area contributed by atoms with Gasteiger partial charge in [-0.1, -0.05) is 0 Å². The molecule has 5 nitrogen and oxygen atoms in total. The van der Waals surface area contributed by atoms with Crippen molar-refractivity contribution in [1.82, 2.24) is 10.2 Å². The van der Waals surface area contributed by atoms with Gasteiger partial charge in [-0.2, -0.15) is 0 Å². The average Bonchev–Trinajstić information content (AvgIpc) is 3.07. The lowest BCUT2D eigenvalue weighted by Crippen LogP contribution is -2.58. The van der Waals surface area contributed by atoms with Gasteiger partial charge in [0, 0.05) is 24.2 Å². The first-order valence-electron chi connectivity index (χ1n) is 7.79. The molecule has 3 rings (SSSR count). The summed E-state index contributed by atoms with van der Waals surface area (Å²) in [6.45, 7) is 6.80. The van der Waals surface area contributed by atoms with Crippen molar-refractivity contribution in [3.05, 3.63) is 0 Å². The van der Waals surface area contributed by atoms with E-state index in [9.17, 15) is 9.90 Å². The Morgan fingerprint density at radius 1 is 1.35 bits per heavy atom. The Morgan fingerprint density at radius 3 is 2.70 bits per heavy atom. The molecule has 0 radical (unpaired) electrons. The second kappa shape index (κ2) is 4.97. The van der Waals surface area contributed by atoms with Crippen LogP contribution in [-0.4, -0.2) is 58.9 Å². The molecular formula is C15H26N2O3. The second-order valence-corrected chi connectivity index (χ2v) is 7.26. The van der Waals surface area contributed by atoms with E-state index in [0.29, 0.717) is 12.1 Å². The molecule has 114 valence electrons. The van der Waals surface area contributed by atoms with Gasteiger partial charge >= 0.3 is 5.97 Å². The van der Waals surface area contributed by atoms with Crippen LogP contribution in [0.5, 0.6) is 0 Å². The molecule has 20 heavy (non-hydrogen) atoms. The maximum atomic E-state index is 11.8. The van der Waals surface area contributed by atoms with Crippen LogP contribution >= 0.6 is 0 Å². The van der Waals surface area contributed by atoms with E-state index in [2.05, 4.69) is 24.1 Å². The van der Waals surface area contributed by atoms with Crippen LogP contribution in [-0.2, 0) is 9.53 Å². The summed E-state index contributed by atoms with van der Waals surface area (Å²) in [6.07, 6.45) is 4.69. The highest BCUT2D eigenvalue weighted by molar-refractivity contribution is 5.79. The number of nitrogens with one attached hydrogen (secondary N) is 1. The molecule has 5 heteroatoms. The van der Waals surface area contributed by atoms with Crippen molar-refractivity contribution in [3.63, 3.8) is 0 Å². The average molecular weight is 282 g/mol. The first-order chi connectivity index (χ1) is 9.43. The fourth-order valence-corrected chi connectivity index (χ4v) is 3.84. The zero-order valence-corrected chi connectivity index (χ0v) is 12.5. The Balaban J connectivity index is 1.72. The van der Waals surface area contributed by atoms with E-state index in [1.165, 1.54) is 0 Å². The Morgan fingerprint density at radius 2 is 2.10 bits per heavy atom. The number of morpholine rings is 1. The van der Waals surface area contributed by atoms with Crippen molar-refractivity contribution in [2.75, 3.05) is 19.8 Å². The lowest BCUT2D eigenvalue weighted by Gasteiger charge is -2.46. The first kappa shape index (κ1) is 14.3. The Bertz CT molecular complexity index is 395. The molecule has 2 unspecified atom stereocenters. The van der Waals surface area contributed by atoms with Crippen LogP contribution in [0, 0.1) is 0 Å². The monoisotopic (exact) mass is 282 g/mol. The first-order valence-corrected chi connectivity index (χ1v) is 7.79. The minimum Gasteiger partial charge on any atom is -0.480 e. The molecule has 3 aliphatic rings. The molecule has 1 aliphatic heterocycles. The summed E-state index contributed by atoms with van der Waals surface area (Å²) in [7, 11) is 0. The summed E-state index contributed by atoms with van der Waals surface area (Å²) in [5.41, 5.74) is -0.683. The number of hydrogen-bond donors (Lipinski definition) is 2. The molecule has 2 aliphatic carbocycles. The third-order valence-electron chi connectivity index (χ3n) is 5.11. The minimum absolute atomic E-state index is 0.0110. The minimum atomic E-state index is -0.694. The van der Waals surface area contributed by atoms with Crippen molar-refractivity contribution in [2.45, 2.75) is 69.1 Å². The van der Waals surface area contributed by atoms with Gasteiger partial charge in [-0.15, -0.1) is 0 Å². The Kier molecular flexibility index (Phi) is 3.55. The fraction of sp³-hybridized carbons (Fsp3) is 0.933. The molecule has 0 spiro atoms. The molecule has 0 amide bonds. The number of ether oxygens (including phenoxy) is 1. The second-order valence-electron chi connectivity index (χ2n) is 7.26. The number of carboxylic acids is 1. The summed E-state index contributed by atoms with van der Waals surface area (Å²) >= 11 is 0. The highest BCUT2D eigenvalue weighted by Gasteiger charge is 2.51. The predicted molar refractivity (Wildman–Crippen MR) is 75.8 cm³/mol. The van der Waals surface area contributed by atoms with Crippen molar-refractivity contribution < 1.29 is 14.6 Å². The molecule has 1 saturated heterocycles. The SMILES string of the molecule is CC1(C)COCCN1C1CCC(NC2CC2)(C(=O)O)C1. The van der Waals surface area contributed by atoms with E-state index in [4.69, 9.17) is 4.74 Å². The molecule has 0 aromatic carbocycles. The van der Waals surface area contributed by atoms with Gasteiger partial charge in [-0.3, -0.25) is 15.0 Å². The van der Waals surface area contributed by atoms with Gasteiger partial charge in [0.25, 0.3) is 0 Å². The van der Waals surface area contributed by atoms with E-state index < -0.39 is 11.5 Å². The van der Waals surface area contributed by atoms with Crippen LogP contribution in [0.2, 0.25) is 0 Å². The summed E-state index contributed by atoms with van der Waals surface area (Å²) < 4.78 is 5.57. The van der Waals surface area contributed by atoms with Gasteiger partial charge in [-0.25, -0.2) is 0 Å². The summed E-state index contributed by atoms with van der Waals surface area (Å²) in [5, 5.41) is 13.1. The molecule has 0 aromatic rings. The van der Waals surface area contributed by atoms with Crippen LogP contribution in [0.25, 0.3) is 0 Å². The van der Waals surface area contributed by atoms with Gasteiger partial charge in [0.2, 0.25) is 0 Å². The fourth-order valence-electron chi connectivity index (χ4n) is 3.84. The van der Waals surface area contributed by atoms with Crippen LogP contribution in [0.15, 0.2) is 0 Å². The highest BCUT2D eigenvalue weighted by Crippen LogP contribution is 2.39. The van der Waals surface area contributed by atoms with Crippen molar-refractivity contribution in [3.8, 4) is 0 Å². The molecule has 2 N–H and O–H groups in total. The van der Waals surface area contributed by atoms with Gasteiger partial charge in [0.05, 0.1) is 13.2 Å². The van der Waals surface area contributed by atoms with E-state index in [0.717, 1.165) is 51.9 Å². The number of nitrogens with zero attached hydrogens (tertiary/aromatic N) is 1. The van der Waals surface area contributed by atoms with Crippen LogP contribution in [0.4, 0.5) is 0 Å².